The van der Waals surface area contributed by atoms with Gasteiger partial charge in [0.1, 0.15) is 11.5 Å². The Morgan fingerprint density at radius 3 is 2.35 bits per heavy atom. The van der Waals surface area contributed by atoms with Gasteiger partial charge in [-0.3, -0.25) is 9.69 Å². The van der Waals surface area contributed by atoms with Crippen LogP contribution in [0.2, 0.25) is 0 Å². The summed E-state index contributed by atoms with van der Waals surface area (Å²) in [5.74, 6) is 1.93. The van der Waals surface area contributed by atoms with E-state index in [1.807, 2.05) is 55.1 Å². The molecule has 4 rings (SSSR count). The number of anilines is 2. The first-order valence-electron chi connectivity index (χ1n) is 12.2. The van der Waals surface area contributed by atoms with Gasteiger partial charge in [0.05, 0.1) is 19.9 Å². The lowest BCUT2D eigenvalue weighted by Gasteiger charge is -2.40. The highest BCUT2D eigenvalue weighted by Gasteiger charge is 2.27. The maximum atomic E-state index is 12.8. The van der Waals surface area contributed by atoms with Crippen molar-refractivity contribution in [3.63, 3.8) is 0 Å². The molecule has 1 fully saturated rings. The van der Waals surface area contributed by atoms with Crippen molar-refractivity contribution in [3.8, 4) is 5.75 Å². The molecule has 180 valence electrons. The molecule has 0 radical (unpaired) electrons. The summed E-state index contributed by atoms with van der Waals surface area (Å²) in [4.78, 5) is 19.5. The first-order valence-corrected chi connectivity index (χ1v) is 12.2. The number of nitrogens with zero attached hydrogens (tertiary/aromatic N) is 3. The van der Waals surface area contributed by atoms with Crippen molar-refractivity contribution in [1.82, 2.24) is 9.80 Å². The van der Waals surface area contributed by atoms with E-state index >= 15 is 0 Å². The monoisotopic (exact) mass is 461 g/mol. The maximum Gasteiger partial charge on any atom is 0.253 e. The lowest BCUT2D eigenvalue weighted by atomic mass is 10.0. The van der Waals surface area contributed by atoms with Gasteiger partial charge in [0.15, 0.2) is 0 Å². The van der Waals surface area contributed by atoms with Crippen LogP contribution in [0.4, 0.5) is 11.4 Å². The van der Waals surface area contributed by atoms with Gasteiger partial charge in [-0.05, 0) is 75.2 Å². The molecule has 0 N–H and O–H groups in total. The third kappa shape index (κ3) is 5.45. The van der Waals surface area contributed by atoms with Gasteiger partial charge in [0.25, 0.3) is 5.91 Å². The second kappa shape index (κ2) is 11.3. The lowest BCUT2D eigenvalue weighted by Crippen LogP contribution is -2.42. The highest BCUT2D eigenvalue weighted by Crippen LogP contribution is 2.34. The zero-order valence-corrected chi connectivity index (χ0v) is 20.4. The van der Waals surface area contributed by atoms with E-state index in [4.69, 9.17) is 9.15 Å². The first kappa shape index (κ1) is 23.9. The molecule has 6 heteroatoms. The van der Waals surface area contributed by atoms with Gasteiger partial charge in [-0.15, -0.1) is 0 Å². The molecule has 2 heterocycles. The number of methoxy groups -OCH3 is 1. The molecule has 3 aromatic rings. The molecule has 0 atom stereocenters. The second-order valence-electron chi connectivity index (χ2n) is 8.68. The standard InChI is InChI=1S/C28H35N3O3/c1-4-30(5-2)28(32)22-11-13-23(14-12-22)31(25-8-6-9-26(20-25)33-3)24-15-17-29(18-16-24)21-27-10-7-19-34-27/h6-14,19-20,24H,4-5,15-18,21H2,1-3H3. The van der Waals surface area contributed by atoms with Crippen molar-refractivity contribution in [2.75, 3.05) is 38.2 Å². The normalized spacial score (nSPS) is 14.7. The van der Waals surface area contributed by atoms with E-state index in [0.717, 1.165) is 60.9 Å². The van der Waals surface area contributed by atoms with E-state index in [1.54, 1.807) is 13.4 Å². The minimum Gasteiger partial charge on any atom is -0.497 e. The van der Waals surface area contributed by atoms with Crippen LogP contribution in [0, 0.1) is 0 Å². The van der Waals surface area contributed by atoms with Crippen molar-refractivity contribution in [2.24, 2.45) is 0 Å². The van der Waals surface area contributed by atoms with Crippen LogP contribution in [-0.2, 0) is 6.54 Å². The molecule has 2 aromatic carbocycles. The minimum atomic E-state index is 0.0794. The molecule has 0 unspecified atom stereocenters. The zero-order chi connectivity index (χ0) is 23.9. The van der Waals surface area contributed by atoms with Gasteiger partial charge in [-0.2, -0.15) is 0 Å². The number of rotatable bonds is 9. The molecule has 1 aliphatic rings. The van der Waals surface area contributed by atoms with Crippen molar-refractivity contribution in [1.29, 1.82) is 0 Å². The summed E-state index contributed by atoms with van der Waals surface area (Å²) in [6.07, 6.45) is 3.82. The third-order valence-electron chi connectivity index (χ3n) is 6.66. The molecule has 1 amide bonds. The zero-order valence-electron chi connectivity index (χ0n) is 20.4. The number of benzene rings is 2. The van der Waals surface area contributed by atoms with E-state index in [1.165, 1.54) is 0 Å². The predicted octanol–water partition coefficient (Wildman–Crippen LogP) is 5.57. The van der Waals surface area contributed by atoms with E-state index in [-0.39, 0.29) is 5.91 Å². The molecule has 1 aromatic heterocycles. The van der Waals surface area contributed by atoms with Gasteiger partial charge < -0.3 is 19.0 Å². The fourth-order valence-electron chi connectivity index (χ4n) is 4.75. The SMILES string of the molecule is CCN(CC)C(=O)c1ccc(N(c2cccc(OC)c2)C2CCN(Cc3ccco3)CC2)cc1. The van der Waals surface area contributed by atoms with E-state index in [2.05, 4.69) is 34.1 Å². The lowest BCUT2D eigenvalue weighted by molar-refractivity contribution is 0.0773. The van der Waals surface area contributed by atoms with E-state index in [0.29, 0.717) is 19.1 Å². The maximum absolute atomic E-state index is 12.8. The summed E-state index contributed by atoms with van der Waals surface area (Å²) in [5.41, 5.74) is 2.92. The number of carbonyl (C=O) groups is 1. The topological polar surface area (TPSA) is 49.2 Å². The number of ether oxygens (including phenoxy) is 1. The van der Waals surface area contributed by atoms with Crippen LogP contribution >= 0.6 is 0 Å². The summed E-state index contributed by atoms with van der Waals surface area (Å²) in [5, 5.41) is 0. The fraction of sp³-hybridized carbons (Fsp3) is 0.393. The number of piperidine rings is 1. The number of furan rings is 1. The average Bonchev–Trinajstić information content (AvgIpc) is 3.39. The largest absolute Gasteiger partial charge is 0.497 e. The fourth-order valence-corrected chi connectivity index (χ4v) is 4.75. The summed E-state index contributed by atoms with van der Waals surface area (Å²) in [7, 11) is 1.70. The third-order valence-corrected chi connectivity index (χ3v) is 6.66. The van der Waals surface area contributed by atoms with Crippen LogP contribution in [0.15, 0.2) is 71.3 Å². The Labute approximate surface area is 202 Å². The van der Waals surface area contributed by atoms with Gasteiger partial charge in [0.2, 0.25) is 0 Å². The Hall–Kier alpha value is -3.25. The Morgan fingerprint density at radius 2 is 1.74 bits per heavy atom. The van der Waals surface area contributed by atoms with Crippen molar-refractivity contribution in [2.45, 2.75) is 39.3 Å². The Balaban J connectivity index is 1.56. The van der Waals surface area contributed by atoms with Crippen LogP contribution in [0.3, 0.4) is 0 Å². The Bertz CT molecular complexity index is 1040. The molecule has 0 aliphatic carbocycles. The number of hydrogen-bond acceptors (Lipinski definition) is 5. The second-order valence-corrected chi connectivity index (χ2v) is 8.68. The van der Waals surface area contributed by atoms with Crippen LogP contribution in [0.5, 0.6) is 5.75 Å². The van der Waals surface area contributed by atoms with Gasteiger partial charge in [-0.25, -0.2) is 0 Å². The number of carbonyl (C=O) groups excluding carboxylic acids is 1. The molecule has 0 spiro atoms. The smallest absolute Gasteiger partial charge is 0.253 e. The van der Waals surface area contributed by atoms with Gasteiger partial charge in [-0.1, -0.05) is 6.07 Å². The molecule has 6 nitrogen and oxygen atoms in total. The molecule has 34 heavy (non-hydrogen) atoms. The van der Waals surface area contributed by atoms with Crippen molar-refractivity contribution < 1.29 is 13.9 Å². The molecular formula is C28H35N3O3. The Kier molecular flexibility index (Phi) is 7.91. The van der Waals surface area contributed by atoms with Crippen LogP contribution in [-0.4, -0.2) is 55.0 Å². The first-order chi connectivity index (χ1) is 16.6. The van der Waals surface area contributed by atoms with Gasteiger partial charge >= 0.3 is 0 Å². The van der Waals surface area contributed by atoms with E-state index in [9.17, 15) is 4.79 Å². The summed E-state index contributed by atoms with van der Waals surface area (Å²) >= 11 is 0. The van der Waals surface area contributed by atoms with E-state index < -0.39 is 0 Å². The Morgan fingerprint density at radius 1 is 1.00 bits per heavy atom. The number of likely N-dealkylation sites (tertiary alicyclic amines) is 1. The summed E-state index contributed by atoms with van der Waals surface area (Å²) < 4.78 is 11.1. The predicted molar refractivity (Wildman–Crippen MR) is 136 cm³/mol. The highest BCUT2D eigenvalue weighted by molar-refractivity contribution is 5.94. The van der Waals surface area contributed by atoms with Crippen LogP contribution < -0.4 is 9.64 Å². The summed E-state index contributed by atoms with van der Waals surface area (Å²) in [6.45, 7) is 8.31. The number of amides is 1. The highest BCUT2D eigenvalue weighted by atomic mass is 16.5. The van der Waals surface area contributed by atoms with Crippen molar-refractivity contribution in [3.05, 3.63) is 78.3 Å². The molecule has 0 bridgehead atoms. The summed E-state index contributed by atoms with van der Waals surface area (Å²) in [6, 6.07) is 20.6. The quantitative estimate of drug-likeness (QED) is 0.417. The average molecular weight is 462 g/mol. The number of hydrogen-bond donors (Lipinski definition) is 0. The molecule has 1 saturated heterocycles. The minimum absolute atomic E-state index is 0.0794. The van der Waals surface area contributed by atoms with Crippen LogP contribution in [0.1, 0.15) is 42.8 Å². The van der Waals surface area contributed by atoms with Crippen molar-refractivity contribution >= 4 is 17.3 Å². The van der Waals surface area contributed by atoms with Gasteiger partial charge in [0, 0.05) is 55.2 Å². The molecule has 0 saturated carbocycles. The molecular weight excluding hydrogens is 426 g/mol. The van der Waals surface area contributed by atoms with Crippen LogP contribution in [0.25, 0.3) is 0 Å². The molecule has 1 aliphatic heterocycles.